The van der Waals surface area contributed by atoms with Gasteiger partial charge in [-0.2, -0.15) is 0 Å². The van der Waals surface area contributed by atoms with Crippen molar-refractivity contribution in [2.45, 2.75) is 51.6 Å². The third-order valence-electron chi connectivity index (χ3n) is 5.66. The van der Waals surface area contributed by atoms with Crippen molar-refractivity contribution in [3.63, 3.8) is 0 Å². The summed E-state index contributed by atoms with van der Waals surface area (Å²) >= 11 is 0. The number of hydrogen-bond acceptors (Lipinski definition) is 3. The number of H-pyrrole nitrogens is 1. The van der Waals surface area contributed by atoms with E-state index in [4.69, 9.17) is 0 Å². The highest BCUT2D eigenvalue weighted by atomic mass is 35.5. The summed E-state index contributed by atoms with van der Waals surface area (Å²) < 4.78 is 1.60. The monoisotopic (exact) mass is 412 g/mol. The molecule has 1 unspecified atom stereocenters. The predicted molar refractivity (Wildman–Crippen MR) is 119 cm³/mol. The molecule has 29 heavy (non-hydrogen) atoms. The fourth-order valence-corrected chi connectivity index (χ4v) is 4.12. The van der Waals surface area contributed by atoms with Crippen molar-refractivity contribution in [1.29, 1.82) is 0 Å². The standard InChI is InChI=1S/C23H28N4O.ClH/c1-2-3-15-26(17-18-9-5-4-6-10-18)19-12-13-20-21(16-19)25-27(23(20)28)22-11-7-8-14-24-22;/h4-11,14,19,25H,2-3,12-13,15-17H2,1H3;1H. The van der Waals surface area contributed by atoms with Crippen LogP contribution in [0.2, 0.25) is 0 Å². The Morgan fingerprint density at radius 3 is 2.69 bits per heavy atom. The molecule has 0 radical (unpaired) electrons. The molecule has 5 nitrogen and oxygen atoms in total. The Morgan fingerprint density at radius 1 is 1.17 bits per heavy atom. The zero-order valence-corrected chi connectivity index (χ0v) is 17.7. The molecule has 0 bridgehead atoms. The molecule has 0 spiro atoms. The van der Waals surface area contributed by atoms with Crippen molar-refractivity contribution in [1.82, 2.24) is 19.7 Å². The van der Waals surface area contributed by atoms with Crippen LogP contribution in [0.3, 0.4) is 0 Å². The van der Waals surface area contributed by atoms with Gasteiger partial charge in [0.15, 0.2) is 5.82 Å². The molecular weight excluding hydrogens is 384 g/mol. The van der Waals surface area contributed by atoms with E-state index in [0.29, 0.717) is 11.9 Å². The second-order valence-electron chi connectivity index (χ2n) is 7.60. The van der Waals surface area contributed by atoms with Gasteiger partial charge in [0.1, 0.15) is 0 Å². The average Bonchev–Trinajstić information content (AvgIpc) is 3.08. The number of halogens is 1. The Labute approximate surface area is 178 Å². The minimum Gasteiger partial charge on any atom is -0.296 e. The van der Waals surface area contributed by atoms with Crippen LogP contribution in [-0.4, -0.2) is 32.3 Å². The molecule has 1 aromatic carbocycles. The molecule has 6 heteroatoms. The first-order chi connectivity index (χ1) is 13.8. The molecule has 2 heterocycles. The van der Waals surface area contributed by atoms with Crippen LogP contribution >= 0.6 is 12.4 Å². The average molecular weight is 413 g/mol. The molecule has 0 saturated heterocycles. The van der Waals surface area contributed by atoms with E-state index >= 15 is 0 Å². The van der Waals surface area contributed by atoms with Crippen molar-refractivity contribution in [3.05, 3.63) is 81.9 Å². The number of aromatic amines is 1. The number of nitrogens with one attached hydrogen (secondary N) is 1. The Bertz CT molecular complexity index is 952. The lowest BCUT2D eigenvalue weighted by Crippen LogP contribution is -2.40. The van der Waals surface area contributed by atoms with Crippen molar-refractivity contribution in [3.8, 4) is 5.82 Å². The van der Waals surface area contributed by atoms with E-state index in [0.717, 1.165) is 43.6 Å². The molecule has 1 aliphatic rings. The smallest absolute Gasteiger partial charge is 0.276 e. The van der Waals surface area contributed by atoms with Gasteiger partial charge < -0.3 is 0 Å². The van der Waals surface area contributed by atoms with Gasteiger partial charge in [-0.15, -0.1) is 12.4 Å². The van der Waals surface area contributed by atoms with E-state index < -0.39 is 0 Å². The van der Waals surface area contributed by atoms with Crippen LogP contribution in [0.15, 0.2) is 59.5 Å². The summed E-state index contributed by atoms with van der Waals surface area (Å²) in [5, 5.41) is 3.34. The summed E-state index contributed by atoms with van der Waals surface area (Å²) in [6, 6.07) is 16.8. The Morgan fingerprint density at radius 2 is 1.97 bits per heavy atom. The minimum absolute atomic E-state index is 0. The zero-order chi connectivity index (χ0) is 19.3. The lowest BCUT2D eigenvalue weighted by Gasteiger charge is -2.34. The maximum absolute atomic E-state index is 12.8. The molecule has 2 aromatic heterocycles. The maximum atomic E-state index is 12.8. The second-order valence-corrected chi connectivity index (χ2v) is 7.60. The highest BCUT2D eigenvalue weighted by molar-refractivity contribution is 5.85. The van der Waals surface area contributed by atoms with Gasteiger partial charge >= 0.3 is 0 Å². The highest BCUT2D eigenvalue weighted by Crippen LogP contribution is 2.24. The van der Waals surface area contributed by atoms with E-state index in [1.165, 1.54) is 18.4 Å². The number of rotatable bonds is 7. The summed E-state index contributed by atoms with van der Waals surface area (Å²) in [6.07, 6.45) is 6.85. The number of fused-ring (bicyclic) bond motifs is 1. The third kappa shape index (κ3) is 4.80. The molecule has 154 valence electrons. The molecule has 1 N–H and O–H groups in total. The summed E-state index contributed by atoms with van der Waals surface area (Å²) in [5.74, 6) is 0.658. The third-order valence-corrected chi connectivity index (χ3v) is 5.66. The van der Waals surface area contributed by atoms with Gasteiger partial charge in [-0.1, -0.05) is 49.7 Å². The summed E-state index contributed by atoms with van der Waals surface area (Å²) in [5.41, 5.74) is 3.40. The van der Waals surface area contributed by atoms with E-state index in [-0.39, 0.29) is 18.0 Å². The summed E-state index contributed by atoms with van der Waals surface area (Å²) in [6.45, 7) is 4.30. The number of unbranched alkanes of at least 4 members (excludes halogenated alkanes) is 1. The largest absolute Gasteiger partial charge is 0.296 e. The second kappa shape index (κ2) is 9.90. The van der Waals surface area contributed by atoms with Crippen LogP contribution in [0, 0.1) is 0 Å². The fourth-order valence-electron chi connectivity index (χ4n) is 4.12. The first-order valence-electron chi connectivity index (χ1n) is 10.3. The first kappa shape index (κ1) is 21.3. The number of nitrogens with zero attached hydrogens (tertiary/aromatic N) is 3. The van der Waals surface area contributed by atoms with Crippen molar-refractivity contribution in [2.24, 2.45) is 0 Å². The maximum Gasteiger partial charge on any atom is 0.276 e. The van der Waals surface area contributed by atoms with E-state index in [9.17, 15) is 4.79 Å². The van der Waals surface area contributed by atoms with Gasteiger partial charge in [0, 0.05) is 36.5 Å². The molecule has 1 atom stereocenters. The lowest BCUT2D eigenvalue weighted by molar-refractivity contribution is 0.167. The van der Waals surface area contributed by atoms with Crippen LogP contribution in [0.5, 0.6) is 0 Å². The molecule has 0 fully saturated rings. The molecular formula is C23H29ClN4O. The number of aromatic nitrogens is 3. The Hall–Kier alpha value is -2.37. The highest BCUT2D eigenvalue weighted by Gasteiger charge is 2.28. The molecule has 1 aliphatic carbocycles. The minimum atomic E-state index is 0. The van der Waals surface area contributed by atoms with E-state index in [2.05, 4.69) is 52.2 Å². The van der Waals surface area contributed by atoms with Gasteiger partial charge in [0.2, 0.25) is 0 Å². The van der Waals surface area contributed by atoms with Gasteiger partial charge in [0.05, 0.1) is 0 Å². The molecule has 0 saturated carbocycles. The van der Waals surface area contributed by atoms with Gasteiger partial charge in [0.25, 0.3) is 5.56 Å². The van der Waals surface area contributed by atoms with Gasteiger partial charge in [-0.05, 0) is 43.5 Å². The summed E-state index contributed by atoms with van der Waals surface area (Å²) in [7, 11) is 0. The lowest BCUT2D eigenvalue weighted by atomic mass is 9.92. The van der Waals surface area contributed by atoms with Crippen LogP contribution in [0.4, 0.5) is 0 Å². The molecule has 0 aliphatic heterocycles. The van der Waals surface area contributed by atoms with Crippen molar-refractivity contribution >= 4 is 12.4 Å². The van der Waals surface area contributed by atoms with Crippen LogP contribution in [0.1, 0.15) is 43.0 Å². The Kier molecular flexibility index (Phi) is 7.29. The van der Waals surface area contributed by atoms with E-state index in [1.807, 2.05) is 18.2 Å². The van der Waals surface area contributed by atoms with Crippen molar-refractivity contribution < 1.29 is 0 Å². The van der Waals surface area contributed by atoms with Crippen molar-refractivity contribution in [2.75, 3.05) is 6.54 Å². The van der Waals surface area contributed by atoms with Crippen LogP contribution in [-0.2, 0) is 19.4 Å². The zero-order valence-electron chi connectivity index (χ0n) is 16.9. The van der Waals surface area contributed by atoms with Gasteiger partial charge in [-0.25, -0.2) is 9.67 Å². The summed E-state index contributed by atoms with van der Waals surface area (Å²) in [4.78, 5) is 19.8. The quantitative estimate of drug-likeness (QED) is 0.634. The molecule has 3 aromatic rings. The van der Waals surface area contributed by atoms with Gasteiger partial charge in [-0.3, -0.25) is 14.8 Å². The topological polar surface area (TPSA) is 53.9 Å². The van der Waals surface area contributed by atoms with Crippen LogP contribution in [0.25, 0.3) is 5.82 Å². The van der Waals surface area contributed by atoms with E-state index in [1.54, 1.807) is 10.9 Å². The SMILES string of the molecule is CCCCN(Cc1ccccc1)C1CCc2c([nH]n(-c3ccccn3)c2=O)C1.Cl. The number of benzene rings is 1. The molecule has 0 amide bonds. The fraction of sp³-hybridized carbons (Fsp3) is 0.391. The normalized spacial score (nSPS) is 15.7. The molecule has 4 rings (SSSR count). The Balaban J connectivity index is 0.00000240. The van der Waals surface area contributed by atoms with Crippen LogP contribution < -0.4 is 5.56 Å². The number of pyridine rings is 1. The predicted octanol–water partition coefficient (Wildman–Crippen LogP) is 4.14. The number of hydrogen-bond donors (Lipinski definition) is 1. The first-order valence-corrected chi connectivity index (χ1v) is 10.3.